The zero-order valence-corrected chi connectivity index (χ0v) is 9.12. The first-order valence-electron chi connectivity index (χ1n) is 4.34. The maximum atomic E-state index is 11.0. The second-order valence-electron chi connectivity index (χ2n) is 2.96. The Kier molecular flexibility index (Phi) is 3.67. The van der Waals surface area contributed by atoms with E-state index in [-0.39, 0.29) is 10.6 Å². The molecule has 15 heavy (non-hydrogen) atoms. The summed E-state index contributed by atoms with van der Waals surface area (Å²) in [6.45, 7) is 0.380. The summed E-state index contributed by atoms with van der Waals surface area (Å²) in [5.74, 6) is 0.158. The zero-order chi connectivity index (χ0) is 11.5. The molecule has 0 spiro atoms. The van der Waals surface area contributed by atoms with E-state index < -0.39 is 10.1 Å². The molecule has 0 fully saturated rings. The summed E-state index contributed by atoms with van der Waals surface area (Å²) in [6, 6.07) is 4.53. The van der Waals surface area contributed by atoms with Gasteiger partial charge in [-0.25, -0.2) is 0 Å². The third-order valence-electron chi connectivity index (χ3n) is 1.96. The fraction of sp³-hybridized carbons (Fsp3) is 0.333. The summed E-state index contributed by atoms with van der Waals surface area (Å²) in [4.78, 5) is -0.226. The minimum atomic E-state index is -4.25. The van der Waals surface area contributed by atoms with Gasteiger partial charge >= 0.3 is 0 Å². The number of methoxy groups -OCH3 is 1. The smallest absolute Gasteiger partial charge is 0.298 e. The van der Waals surface area contributed by atoms with Crippen LogP contribution in [-0.2, 0) is 16.5 Å². The van der Waals surface area contributed by atoms with E-state index in [9.17, 15) is 8.42 Å². The highest BCUT2D eigenvalue weighted by atomic mass is 32.2. The first-order chi connectivity index (χ1) is 7.00. The van der Waals surface area contributed by atoms with Gasteiger partial charge in [0, 0.05) is 0 Å². The number of benzene rings is 1. The lowest BCUT2D eigenvalue weighted by Gasteiger charge is -2.10. The van der Waals surface area contributed by atoms with Gasteiger partial charge in [-0.1, -0.05) is 12.1 Å². The Balaban J connectivity index is 3.35. The Morgan fingerprint density at radius 1 is 1.47 bits per heavy atom. The summed E-state index contributed by atoms with van der Waals surface area (Å²) in [6.07, 6.45) is 0.493. The molecule has 0 saturated carbocycles. The zero-order valence-electron chi connectivity index (χ0n) is 8.30. The van der Waals surface area contributed by atoms with Crippen molar-refractivity contribution in [3.8, 4) is 5.75 Å². The van der Waals surface area contributed by atoms with Crippen molar-refractivity contribution in [2.75, 3.05) is 13.7 Å². The van der Waals surface area contributed by atoms with Crippen LogP contribution in [0.2, 0.25) is 0 Å². The molecule has 0 aliphatic heterocycles. The van der Waals surface area contributed by atoms with Gasteiger partial charge in [-0.15, -0.1) is 0 Å². The third kappa shape index (κ3) is 2.68. The van der Waals surface area contributed by atoms with Crippen LogP contribution in [-0.4, -0.2) is 26.6 Å². The van der Waals surface area contributed by atoms with E-state index in [1.54, 1.807) is 6.07 Å². The molecular weight excluding hydrogens is 218 g/mol. The minimum absolute atomic E-state index is 0.158. The SMILES string of the molecule is COc1c(CCN)cccc1S(=O)(=O)O. The lowest BCUT2D eigenvalue weighted by molar-refractivity contribution is 0.392. The molecule has 1 rings (SSSR count). The van der Waals surface area contributed by atoms with Gasteiger partial charge < -0.3 is 10.5 Å². The van der Waals surface area contributed by atoms with Crippen molar-refractivity contribution >= 4 is 10.1 Å². The number of hydrogen-bond donors (Lipinski definition) is 2. The van der Waals surface area contributed by atoms with Crippen LogP contribution in [0, 0.1) is 0 Å². The largest absolute Gasteiger partial charge is 0.495 e. The summed E-state index contributed by atoms with van der Waals surface area (Å²) < 4.78 is 35.9. The lowest BCUT2D eigenvalue weighted by Crippen LogP contribution is -2.08. The highest BCUT2D eigenvalue weighted by molar-refractivity contribution is 7.86. The van der Waals surface area contributed by atoms with Gasteiger partial charge in [0.1, 0.15) is 10.6 Å². The molecular formula is C9H13NO4S. The van der Waals surface area contributed by atoms with E-state index in [0.29, 0.717) is 18.5 Å². The Morgan fingerprint density at radius 3 is 2.60 bits per heavy atom. The summed E-state index contributed by atoms with van der Waals surface area (Å²) in [5.41, 5.74) is 6.04. The van der Waals surface area contributed by atoms with Crippen molar-refractivity contribution in [1.29, 1.82) is 0 Å². The van der Waals surface area contributed by atoms with E-state index >= 15 is 0 Å². The topological polar surface area (TPSA) is 89.6 Å². The van der Waals surface area contributed by atoms with Gasteiger partial charge in [0.15, 0.2) is 0 Å². The Hall–Kier alpha value is -1.11. The molecule has 6 heteroatoms. The number of ether oxygens (including phenoxy) is 1. The molecule has 3 N–H and O–H groups in total. The highest BCUT2D eigenvalue weighted by Crippen LogP contribution is 2.27. The third-order valence-corrected chi connectivity index (χ3v) is 2.83. The van der Waals surface area contributed by atoms with Crippen LogP contribution in [0.15, 0.2) is 23.1 Å². The fourth-order valence-corrected chi connectivity index (χ4v) is 2.05. The maximum Gasteiger partial charge on any atom is 0.298 e. The second-order valence-corrected chi connectivity index (χ2v) is 4.35. The molecule has 0 aliphatic carbocycles. The molecule has 0 heterocycles. The van der Waals surface area contributed by atoms with Crippen molar-refractivity contribution in [1.82, 2.24) is 0 Å². The van der Waals surface area contributed by atoms with E-state index in [1.165, 1.54) is 19.2 Å². The van der Waals surface area contributed by atoms with Crippen LogP contribution >= 0.6 is 0 Å². The van der Waals surface area contributed by atoms with Crippen molar-refractivity contribution in [3.05, 3.63) is 23.8 Å². The number of rotatable bonds is 4. The normalized spacial score (nSPS) is 11.4. The maximum absolute atomic E-state index is 11.0. The van der Waals surface area contributed by atoms with Gasteiger partial charge in [-0.3, -0.25) is 4.55 Å². The Bertz CT molecular complexity index is 441. The average Bonchev–Trinajstić information content (AvgIpc) is 2.16. The van der Waals surface area contributed by atoms with Gasteiger partial charge in [-0.05, 0) is 24.6 Å². The second kappa shape index (κ2) is 4.61. The van der Waals surface area contributed by atoms with Crippen LogP contribution < -0.4 is 10.5 Å². The van der Waals surface area contributed by atoms with Gasteiger partial charge in [0.2, 0.25) is 0 Å². The molecule has 1 aromatic carbocycles. The number of para-hydroxylation sites is 1. The number of nitrogens with two attached hydrogens (primary N) is 1. The van der Waals surface area contributed by atoms with Crippen LogP contribution in [0.1, 0.15) is 5.56 Å². The lowest BCUT2D eigenvalue weighted by atomic mass is 10.1. The molecule has 0 saturated heterocycles. The van der Waals surface area contributed by atoms with Crippen molar-refractivity contribution in [2.24, 2.45) is 5.73 Å². The van der Waals surface area contributed by atoms with Crippen molar-refractivity contribution in [2.45, 2.75) is 11.3 Å². The van der Waals surface area contributed by atoms with E-state index in [4.69, 9.17) is 15.0 Å². The minimum Gasteiger partial charge on any atom is -0.495 e. The van der Waals surface area contributed by atoms with E-state index in [0.717, 1.165) is 0 Å². The molecule has 0 aromatic heterocycles. The first-order valence-corrected chi connectivity index (χ1v) is 5.78. The van der Waals surface area contributed by atoms with Crippen molar-refractivity contribution in [3.63, 3.8) is 0 Å². The molecule has 5 nitrogen and oxygen atoms in total. The predicted octanol–water partition coefficient (Wildman–Crippen LogP) is 0.443. The quantitative estimate of drug-likeness (QED) is 0.734. The monoisotopic (exact) mass is 231 g/mol. The predicted molar refractivity (Wildman–Crippen MR) is 55.6 cm³/mol. The Morgan fingerprint density at radius 2 is 2.13 bits per heavy atom. The molecule has 0 amide bonds. The molecule has 0 bridgehead atoms. The summed E-state index contributed by atoms with van der Waals surface area (Å²) >= 11 is 0. The van der Waals surface area contributed by atoms with Crippen LogP contribution in [0.3, 0.4) is 0 Å². The van der Waals surface area contributed by atoms with Gasteiger partial charge in [0.25, 0.3) is 10.1 Å². The summed E-state index contributed by atoms with van der Waals surface area (Å²) in [7, 11) is -2.90. The fourth-order valence-electron chi connectivity index (χ4n) is 1.35. The molecule has 84 valence electrons. The van der Waals surface area contributed by atoms with Crippen LogP contribution in [0.4, 0.5) is 0 Å². The highest BCUT2D eigenvalue weighted by Gasteiger charge is 2.18. The van der Waals surface area contributed by atoms with Gasteiger partial charge in [-0.2, -0.15) is 8.42 Å². The summed E-state index contributed by atoms with van der Waals surface area (Å²) in [5, 5.41) is 0. The van der Waals surface area contributed by atoms with Gasteiger partial charge in [0.05, 0.1) is 7.11 Å². The van der Waals surface area contributed by atoms with Crippen LogP contribution in [0.5, 0.6) is 5.75 Å². The average molecular weight is 231 g/mol. The molecule has 1 aromatic rings. The molecule has 0 atom stereocenters. The molecule has 0 unspecified atom stereocenters. The molecule has 0 aliphatic rings. The number of hydrogen-bond acceptors (Lipinski definition) is 4. The molecule has 0 radical (unpaired) electrons. The standard InChI is InChI=1S/C9H13NO4S/c1-14-9-7(5-6-10)3-2-4-8(9)15(11,12)13/h2-4H,5-6,10H2,1H3,(H,11,12,13). The van der Waals surface area contributed by atoms with Crippen molar-refractivity contribution < 1.29 is 17.7 Å². The Labute approximate surface area is 88.6 Å². The van der Waals surface area contributed by atoms with E-state index in [2.05, 4.69) is 0 Å². The van der Waals surface area contributed by atoms with E-state index in [1.807, 2.05) is 0 Å². The first kappa shape index (κ1) is 12.0. The van der Waals surface area contributed by atoms with Crippen LogP contribution in [0.25, 0.3) is 0 Å².